The van der Waals surface area contributed by atoms with Gasteiger partial charge in [0, 0.05) is 31.4 Å². The summed E-state index contributed by atoms with van der Waals surface area (Å²) >= 11 is 5.87. The Morgan fingerprint density at radius 1 is 1.22 bits per heavy atom. The normalized spacial score (nSPS) is 31.1. The monoisotopic (exact) mass is 482 g/mol. The predicted molar refractivity (Wildman–Crippen MR) is 113 cm³/mol. The first kappa shape index (κ1) is 20.6. The number of nitrogens with zero attached hydrogens (tertiary/aromatic N) is 5. The molecule has 4 aliphatic rings. The van der Waals surface area contributed by atoms with Crippen molar-refractivity contribution >= 4 is 34.2 Å². The maximum Gasteiger partial charge on any atom is 0.302 e. The fourth-order valence-corrected chi connectivity index (χ4v) is 6.61. The lowest BCUT2D eigenvalue weighted by Crippen LogP contribution is -2.48. The first-order valence-electron chi connectivity index (χ1n) is 10.6. The molecule has 3 atom stereocenters. The van der Waals surface area contributed by atoms with Gasteiger partial charge in [0.05, 0.1) is 33.7 Å². The van der Waals surface area contributed by atoms with Gasteiger partial charge in [0.1, 0.15) is 22.2 Å². The second-order valence-corrected chi connectivity index (χ2v) is 11.0. The van der Waals surface area contributed by atoms with Crippen LogP contribution in [0.2, 0.25) is 5.02 Å². The number of hydrogen-bond donors (Lipinski definition) is 2. The number of anilines is 2. The summed E-state index contributed by atoms with van der Waals surface area (Å²) in [7, 11) is -1.90. The van der Waals surface area contributed by atoms with E-state index in [1.807, 2.05) is 4.90 Å². The van der Waals surface area contributed by atoms with Gasteiger partial charge in [-0.2, -0.15) is 13.8 Å². The lowest BCUT2D eigenvalue weighted by Gasteiger charge is -2.41. The van der Waals surface area contributed by atoms with Crippen LogP contribution in [0.15, 0.2) is 17.3 Å². The van der Waals surface area contributed by atoms with Gasteiger partial charge in [0.2, 0.25) is 5.95 Å². The van der Waals surface area contributed by atoms with Crippen LogP contribution in [-0.2, 0) is 16.7 Å². The molecule has 6 rings (SSSR count). The Morgan fingerprint density at radius 2 is 1.91 bits per heavy atom. The van der Waals surface area contributed by atoms with E-state index in [0.717, 1.165) is 12.2 Å². The quantitative estimate of drug-likeness (QED) is 0.669. The van der Waals surface area contributed by atoms with Gasteiger partial charge in [-0.3, -0.25) is 4.21 Å². The summed E-state index contributed by atoms with van der Waals surface area (Å²) in [5, 5.41) is 13.5. The first-order valence-corrected chi connectivity index (χ1v) is 12.3. The second-order valence-electron chi connectivity index (χ2n) is 9.18. The Hall–Kier alpha value is -1.98. The second kappa shape index (κ2) is 7.01. The van der Waals surface area contributed by atoms with Crippen molar-refractivity contribution in [2.75, 3.05) is 35.7 Å². The molecular weight excluding hydrogens is 462 g/mol. The van der Waals surface area contributed by atoms with E-state index in [1.165, 1.54) is 0 Å². The van der Waals surface area contributed by atoms with E-state index in [4.69, 9.17) is 11.6 Å². The van der Waals surface area contributed by atoms with Crippen LogP contribution in [0.4, 0.5) is 20.5 Å². The number of aliphatic hydroxyl groups excluding tert-OH is 1. The van der Waals surface area contributed by atoms with Crippen molar-refractivity contribution in [3.8, 4) is 0 Å². The van der Waals surface area contributed by atoms with Gasteiger partial charge in [0.25, 0.3) is 0 Å². The Labute approximate surface area is 190 Å². The molecule has 0 spiro atoms. The summed E-state index contributed by atoms with van der Waals surface area (Å²) in [4.78, 5) is 19.2. The number of piperidine rings is 1. The fourth-order valence-electron chi connectivity index (χ4n) is 5.18. The number of fused-ring (bicyclic) bond motifs is 2. The molecule has 2 saturated carbocycles. The summed E-state index contributed by atoms with van der Waals surface area (Å²) in [6.07, 6.45) is 5.50. The maximum atomic E-state index is 14.6. The molecule has 2 N–H and O–H groups in total. The minimum Gasteiger partial charge on any atom is -0.394 e. The number of aliphatic hydroxyl groups is 1. The smallest absolute Gasteiger partial charge is 0.302 e. The maximum absolute atomic E-state index is 14.6. The van der Waals surface area contributed by atoms with Crippen molar-refractivity contribution in [2.24, 2.45) is 11.8 Å². The van der Waals surface area contributed by atoms with Crippen molar-refractivity contribution in [3.05, 3.63) is 28.9 Å². The molecule has 0 amide bonds. The van der Waals surface area contributed by atoms with Crippen LogP contribution in [0.1, 0.15) is 36.7 Å². The van der Waals surface area contributed by atoms with Gasteiger partial charge in [-0.25, -0.2) is 15.0 Å². The third-order valence-electron chi connectivity index (χ3n) is 7.15. The summed E-state index contributed by atoms with van der Waals surface area (Å²) in [6, 6.07) is 0. The zero-order valence-electron chi connectivity index (χ0n) is 17.0. The molecule has 0 aromatic carbocycles. The average molecular weight is 483 g/mol. The van der Waals surface area contributed by atoms with Gasteiger partial charge in [0.15, 0.2) is 0 Å². The van der Waals surface area contributed by atoms with Gasteiger partial charge < -0.3 is 15.3 Å². The molecule has 170 valence electrons. The number of rotatable bonds is 5. The fraction of sp³-hybridized carbons (Fsp3) is 0.600. The highest BCUT2D eigenvalue weighted by Crippen LogP contribution is 2.58. The molecule has 3 fully saturated rings. The molecule has 2 aromatic heterocycles. The minimum absolute atomic E-state index is 0.0322. The predicted octanol–water partition coefficient (Wildman–Crippen LogP) is 2.31. The van der Waals surface area contributed by atoms with Crippen LogP contribution in [0, 0.1) is 11.8 Å². The van der Waals surface area contributed by atoms with Crippen molar-refractivity contribution < 1.29 is 18.1 Å². The number of aromatic nitrogens is 4. The van der Waals surface area contributed by atoms with Crippen LogP contribution in [0.25, 0.3) is 0 Å². The highest BCUT2D eigenvalue weighted by atomic mass is 35.5. The molecule has 2 aromatic rings. The molecule has 3 unspecified atom stereocenters. The van der Waals surface area contributed by atoms with Crippen molar-refractivity contribution in [3.63, 3.8) is 0 Å². The topological polar surface area (TPSA) is 104 Å². The summed E-state index contributed by atoms with van der Waals surface area (Å²) in [5.41, 5.74) is -1.07. The van der Waals surface area contributed by atoms with Crippen molar-refractivity contribution in [1.29, 1.82) is 0 Å². The van der Waals surface area contributed by atoms with E-state index >= 15 is 0 Å². The molecule has 12 heteroatoms. The molecule has 2 aliphatic carbocycles. The van der Waals surface area contributed by atoms with Gasteiger partial charge in [-0.1, -0.05) is 11.6 Å². The molecule has 4 heterocycles. The highest BCUT2D eigenvalue weighted by molar-refractivity contribution is 7.85. The number of hydrogen-bond acceptors (Lipinski definition) is 8. The zero-order chi connectivity index (χ0) is 22.3. The minimum atomic E-state index is -3.28. The van der Waals surface area contributed by atoms with E-state index in [2.05, 4.69) is 25.3 Å². The third-order valence-corrected chi connectivity index (χ3v) is 8.81. The van der Waals surface area contributed by atoms with Crippen LogP contribution >= 0.6 is 11.6 Å². The van der Waals surface area contributed by atoms with Crippen LogP contribution in [0.5, 0.6) is 0 Å². The molecule has 0 radical (unpaired) electrons. The Kier molecular flexibility index (Phi) is 4.51. The van der Waals surface area contributed by atoms with Gasteiger partial charge >= 0.3 is 5.92 Å². The lowest BCUT2D eigenvalue weighted by molar-refractivity contribution is 0.0191. The average Bonchev–Trinajstić information content (AvgIpc) is 3.10. The number of halogens is 3. The van der Waals surface area contributed by atoms with E-state index in [0.29, 0.717) is 42.8 Å². The Morgan fingerprint density at radius 3 is 2.50 bits per heavy atom. The number of alkyl halides is 2. The first-order chi connectivity index (χ1) is 15.3. The van der Waals surface area contributed by atoms with Crippen LogP contribution in [-0.4, -0.2) is 60.2 Å². The molecular formula is C20H21ClF2N6O2S. The summed E-state index contributed by atoms with van der Waals surface area (Å²) in [6.45, 7) is 1.08. The van der Waals surface area contributed by atoms with E-state index in [-0.39, 0.29) is 29.2 Å². The Bertz CT molecular complexity index is 1100. The van der Waals surface area contributed by atoms with Gasteiger partial charge in [-0.15, -0.1) is 0 Å². The molecule has 8 nitrogen and oxygen atoms in total. The summed E-state index contributed by atoms with van der Waals surface area (Å²) < 4.78 is 41.8. The Balaban J connectivity index is 1.29. The standard InChI is InChI=1S/C20H21ClF2N6O2S/c21-10-4-24-16(25-5-10)13-11-6-29(7-12(11)13)18-26-15-14(32(31)9-20(15,22)23)17(27-18)28-19(8-30)2-1-3-19/h4-5,11-13,30H,1-3,6-9H2,(H,26,27,28). The van der Waals surface area contributed by atoms with Crippen molar-refractivity contribution in [1.82, 2.24) is 19.9 Å². The van der Waals surface area contributed by atoms with Gasteiger partial charge in [-0.05, 0) is 31.1 Å². The van der Waals surface area contributed by atoms with E-state index < -0.39 is 33.7 Å². The molecule has 2 aliphatic heterocycles. The lowest BCUT2D eigenvalue weighted by atomic mass is 9.77. The molecule has 1 saturated heterocycles. The van der Waals surface area contributed by atoms with Crippen LogP contribution in [0.3, 0.4) is 0 Å². The highest BCUT2D eigenvalue weighted by Gasteiger charge is 2.59. The van der Waals surface area contributed by atoms with E-state index in [1.54, 1.807) is 12.4 Å². The largest absolute Gasteiger partial charge is 0.394 e. The van der Waals surface area contributed by atoms with E-state index in [9.17, 15) is 18.1 Å². The third kappa shape index (κ3) is 3.12. The summed E-state index contributed by atoms with van der Waals surface area (Å²) in [5.74, 6) is -2.13. The zero-order valence-corrected chi connectivity index (χ0v) is 18.5. The number of nitrogens with one attached hydrogen (secondary N) is 1. The van der Waals surface area contributed by atoms with Crippen LogP contribution < -0.4 is 10.2 Å². The molecule has 32 heavy (non-hydrogen) atoms. The SMILES string of the molecule is O=S1CC(F)(F)c2nc(N3CC4C(C3)C4c3ncc(Cl)cn3)nc(NC3(CO)CCC3)c21. The molecule has 0 bridgehead atoms. The van der Waals surface area contributed by atoms with Crippen molar-refractivity contribution in [2.45, 2.75) is 41.5 Å².